The van der Waals surface area contributed by atoms with E-state index in [1.807, 2.05) is 43.2 Å². The van der Waals surface area contributed by atoms with Gasteiger partial charge in [-0.2, -0.15) is 5.10 Å². The Balaban J connectivity index is 2.17. The summed E-state index contributed by atoms with van der Waals surface area (Å²) in [6, 6.07) is 7.99. The van der Waals surface area contributed by atoms with E-state index < -0.39 is 6.67 Å². The van der Waals surface area contributed by atoms with Gasteiger partial charge in [-0.15, -0.1) is 0 Å². The molecular formula is C12H15FN2. The number of rotatable bonds is 2. The third-order valence-electron chi connectivity index (χ3n) is 2.79. The number of nitrogens with zero attached hydrogens (tertiary/aromatic N) is 2. The lowest BCUT2D eigenvalue weighted by molar-refractivity contribution is 0.290. The van der Waals surface area contributed by atoms with Gasteiger partial charge >= 0.3 is 0 Å². The van der Waals surface area contributed by atoms with Crippen molar-refractivity contribution in [3.8, 4) is 0 Å². The monoisotopic (exact) mass is 206 g/mol. The summed E-state index contributed by atoms with van der Waals surface area (Å²) in [6.45, 7) is 1.64. The minimum Gasteiger partial charge on any atom is -0.292 e. The number of hydrogen-bond acceptors (Lipinski definition) is 2. The molecule has 0 radical (unpaired) electrons. The maximum atomic E-state index is 12.3. The normalized spacial score (nSPS) is 20.6. The average Bonchev–Trinajstić information content (AvgIpc) is 2.58. The molecule has 15 heavy (non-hydrogen) atoms. The van der Waals surface area contributed by atoms with Crippen LogP contribution in [0.3, 0.4) is 0 Å². The number of hydrogen-bond donors (Lipinski definition) is 0. The second-order valence-electron chi connectivity index (χ2n) is 4.00. The third kappa shape index (κ3) is 2.01. The van der Waals surface area contributed by atoms with Gasteiger partial charge in [-0.25, -0.2) is 4.39 Å². The van der Waals surface area contributed by atoms with Gasteiger partial charge in [0.25, 0.3) is 0 Å². The van der Waals surface area contributed by atoms with E-state index in [0.717, 1.165) is 17.7 Å². The summed E-state index contributed by atoms with van der Waals surface area (Å²) in [5.41, 5.74) is 3.09. The first-order chi connectivity index (χ1) is 7.20. The molecule has 0 aromatic heterocycles. The van der Waals surface area contributed by atoms with Crippen LogP contribution in [0.1, 0.15) is 30.5 Å². The Bertz CT molecular complexity index is 370. The molecule has 0 fully saturated rings. The average molecular weight is 206 g/mol. The molecule has 0 spiro atoms. The molecule has 2 nitrogen and oxygen atoms in total. The first kappa shape index (κ1) is 10.1. The number of benzene rings is 1. The molecule has 0 amide bonds. The largest absolute Gasteiger partial charge is 0.292 e. The van der Waals surface area contributed by atoms with Crippen LogP contribution in [-0.2, 0) is 6.67 Å². The summed E-state index contributed by atoms with van der Waals surface area (Å²) in [4.78, 5) is 0. The molecule has 0 saturated heterocycles. The van der Waals surface area contributed by atoms with Gasteiger partial charge in [0, 0.05) is 19.2 Å². The van der Waals surface area contributed by atoms with E-state index >= 15 is 0 Å². The molecule has 1 aliphatic rings. The van der Waals surface area contributed by atoms with Gasteiger partial charge in [-0.05, 0) is 18.1 Å². The highest BCUT2D eigenvalue weighted by Crippen LogP contribution is 2.28. The predicted molar refractivity (Wildman–Crippen MR) is 59.5 cm³/mol. The van der Waals surface area contributed by atoms with Crippen molar-refractivity contribution in [3.63, 3.8) is 0 Å². The van der Waals surface area contributed by atoms with Crippen molar-refractivity contribution in [1.82, 2.24) is 5.01 Å². The second-order valence-corrected chi connectivity index (χ2v) is 4.00. The van der Waals surface area contributed by atoms with Gasteiger partial charge in [0.2, 0.25) is 0 Å². The van der Waals surface area contributed by atoms with Gasteiger partial charge in [0.15, 0.2) is 0 Å². The van der Waals surface area contributed by atoms with Crippen molar-refractivity contribution < 1.29 is 4.39 Å². The standard InChI is InChI=1S/C12H15FN2/c1-9-7-12(15(2)14-9)11-5-3-10(8-13)4-6-11/h3-6,12H,7-8H2,1-2H3. The predicted octanol–water partition coefficient (Wildman–Crippen LogP) is 2.91. The SMILES string of the molecule is CC1=NN(C)C(c2ccc(CF)cc2)C1. The molecule has 1 unspecified atom stereocenters. The van der Waals surface area contributed by atoms with Crippen molar-refractivity contribution >= 4 is 5.71 Å². The fraction of sp³-hybridized carbons (Fsp3) is 0.417. The topological polar surface area (TPSA) is 15.6 Å². The first-order valence-electron chi connectivity index (χ1n) is 5.12. The Kier molecular flexibility index (Phi) is 2.71. The Morgan fingerprint density at radius 1 is 1.40 bits per heavy atom. The molecule has 80 valence electrons. The van der Waals surface area contributed by atoms with Crippen molar-refractivity contribution in [2.75, 3.05) is 7.05 Å². The molecule has 0 N–H and O–H groups in total. The van der Waals surface area contributed by atoms with Gasteiger partial charge < -0.3 is 0 Å². The van der Waals surface area contributed by atoms with Crippen LogP contribution in [0.25, 0.3) is 0 Å². The van der Waals surface area contributed by atoms with Gasteiger partial charge in [0.05, 0.1) is 6.04 Å². The van der Waals surface area contributed by atoms with Crippen LogP contribution in [0.4, 0.5) is 4.39 Å². The van der Waals surface area contributed by atoms with Gasteiger partial charge in [-0.1, -0.05) is 24.3 Å². The quantitative estimate of drug-likeness (QED) is 0.726. The Hall–Kier alpha value is -1.38. The Morgan fingerprint density at radius 3 is 2.53 bits per heavy atom. The fourth-order valence-electron chi connectivity index (χ4n) is 1.95. The molecule has 1 aromatic carbocycles. The zero-order valence-electron chi connectivity index (χ0n) is 9.07. The number of alkyl halides is 1. The van der Waals surface area contributed by atoms with E-state index in [4.69, 9.17) is 0 Å². The van der Waals surface area contributed by atoms with Gasteiger partial charge in [-0.3, -0.25) is 5.01 Å². The highest BCUT2D eigenvalue weighted by Gasteiger charge is 2.22. The highest BCUT2D eigenvalue weighted by molar-refractivity contribution is 5.83. The van der Waals surface area contributed by atoms with E-state index in [1.54, 1.807) is 0 Å². The summed E-state index contributed by atoms with van der Waals surface area (Å²) in [5.74, 6) is 0. The minimum atomic E-state index is -0.393. The smallest absolute Gasteiger partial charge is 0.115 e. The third-order valence-corrected chi connectivity index (χ3v) is 2.79. The van der Waals surface area contributed by atoms with Crippen molar-refractivity contribution in [3.05, 3.63) is 35.4 Å². The van der Waals surface area contributed by atoms with Crippen LogP contribution in [0.15, 0.2) is 29.4 Å². The summed E-state index contributed by atoms with van der Waals surface area (Å²) in [7, 11) is 1.98. The summed E-state index contributed by atoms with van der Waals surface area (Å²) in [5, 5.41) is 6.34. The van der Waals surface area contributed by atoms with Gasteiger partial charge in [0.1, 0.15) is 6.67 Å². The molecule has 0 saturated carbocycles. The maximum absolute atomic E-state index is 12.3. The maximum Gasteiger partial charge on any atom is 0.115 e. The molecule has 0 bridgehead atoms. The van der Waals surface area contributed by atoms with Crippen LogP contribution < -0.4 is 0 Å². The molecule has 1 atom stereocenters. The molecule has 0 aliphatic carbocycles. The summed E-state index contributed by atoms with van der Waals surface area (Å²) < 4.78 is 12.3. The summed E-state index contributed by atoms with van der Waals surface area (Å²) >= 11 is 0. The van der Waals surface area contributed by atoms with E-state index in [9.17, 15) is 4.39 Å². The van der Waals surface area contributed by atoms with Crippen LogP contribution in [0.2, 0.25) is 0 Å². The van der Waals surface area contributed by atoms with Crippen molar-refractivity contribution in [1.29, 1.82) is 0 Å². The lowest BCUT2D eigenvalue weighted by Gasteiger charge is -2.19. The van der Waals surface area contributed by atoms with Crippen LogP contribution in [-0.4, -0.2) is 17.8 Å². The first-order valence-corrected chi connectivity index (χ1v) is 5.12. The van der Waals surface area contributed by atoms with E-state index in [-0.39, 0.29) is 0 Å². The van der Waals surface area contributed by atoms with Crippen LogP contribution in [0, 0.1) is 0 Å². The Morgan fingerprint density at radius 2 is 2.07 bits per heavy atom. The molecule has 2 rings (SSSR count). The molecule has 1 aliphatic heterocycles. The fourth-order valence-corrected chi connectivity index (χ4v) is 1.95. The van der Waals surface area contributed by atoms with E-state index in [1.165, 1.54) is 5.56 Å². The number of halogens is 1. The minimum absolute atomic E-state index is 0.318. The zero-order chi connectivity index (χ0) is 10.8. The van der Waals surface area contributed by atoms with Crippen molar-refractivity contribution in [2.45, 2.75) is 26.1 Å². The lowest BCUT2D eigenvalue weighted by Crippen LogP contribution is -2.13. The molecule has 3 heteroatoms. The van der Waals surface area contributed by atoms with Crippen LogP contribution >= 0.6 is 0 Å². The summed E-state index contributed by atoms with van der Waals surface area (Å²) in [6.07, 6.45) is 0.964. The zero-order valence-corrected chi connectivity index (χ0v) is 9.07. The number of hydrazone groups is 1. The van der Waals surface area contributed by atoms with Crippen molar-refractivity contribution in [2.24, 2.45) is 5.10 Å². The molecular weight excluding hydrogens is 191 g/mol. The second kappa shape index (κ2) is 4.01. The molecule has 1 heterocycles. The highest BCUT2D eigenvalue weighted by atomic mass is 19.1. The molecule has 1 aromatic rings. The van der Waals surface area contributed by atoms with E-state index in [0.29, 0.717) is 6.04 Å². The van der Waals surface area contributed by atoms with Crippen LogP contribution in [0.5, 0.6) is 0 Å². The Labute approximate surface area is 89.4 Å². The van der Waals surface area contributed by atoms with E-state index in [2.05, 4.69) is 5.10 Å². The lowest BCUT2D eigenvalue weighted by atomic mass is 10.0.